The maximum atomic E-state index is 13.8. The van der Waals surface area contributed by atoms with Gasteiger partial charge in [-0.1, -0.05) is 6.07 Å². The van der Waals surface area contributed by atoms with E-state index in [9.17, 15) is 32.5 Å². The van der Waals surface area contributed by atoms with Crippen LogP contribution in [0.3, 0.4) is 0 Å². The van der Waals surface area contributed by atoms with Crippen molar-refractivity contribution >= 4 is 17.3 Å². The number of nitrogens with zero attached hydrogens (tertiary/aromatic N) is 2. The zero-order chi connectivity index (χ0) is 23.5. The predicted molar refractivity (Wildman–Crippen MR) is 108 cm³/mol. The highest BCUT2D eigenvalue weighted by molar-refractivity contribution is 5.79. The largest absolute Gasteiger partial charge is 0.494 e. The van der Waals surface area contributed by atoms with Gasteiger partial charge in [0.1, 0.15) is 5.69 Å². The third kappa shape index (κ3) is 5.27. The molecule has 1 saturated heterocycles. The van der Waals surface area contributed by atoms with Crippen molar-refractivity contribution in [3.8, 4) is 5.75 Å². The Morgan fingerprint density at radius 3 is 2.47 bits per heavy atom. The Hall–Kier alpha value is -3.37. The summed E-state index contributed by atoms with van der Waals surface area (Å²) >= 11 is 0. The van der Waals surface area contributed by atoms with Crippen LogP contribution in [0.4, 0.5) is 28.9 Å². The zero-order valence-corrected chi connectivity index (χ0v) is 17.1. The number of rotatable bonds is 6. The number of piperidine rings is 1. The van der Waals surface area contributed by atoms with Crippen LogP contribution in [0.25, 0.3) is 0 Å². The van der Waals surface area contributed by atoms with E-state index >= 15 is 0 Å². The SMILES string of the molecule is COc1ccc(CNC(=O)C2CCN(c3ccc(C(F)(F)F)cc3[N+](=O)[O-])CC2)cc1F. The highest BCUT2D eigenvalue weighted by atomic mass is 19.4. The van der Waals surface area contributed by atoms with Crippen molar-refractivity contribution in [2.24, 2.45) is 5.92 Å². The minimum absolute atomic E-state index is 0.0931. The number of nitro groups is 1. The molecule has 7 nitrogen and oxygen atoms in total. The van der Waals surface area contributed by atoms with Crippen LogP contribution in [-0.4, -0.2) is 31.0 Å². The molecule has 172 valence electrons. The third-order valence-electron chi connectivity index (χ3n) is 5.39. The van der Waals surface area contributed by atoms with Gasteiger partial charge in [0.2, 0.25) is 5.91 Å². The van der Waals surface area contributed by atoms with Crippen molar-refractivity contribution in [1.82, 2.24) is 5.32 Å². The van der Waals surface area contributed by atoms with E-state index in [2.05, 4.69) is 5.32 Å². The molecule has 1 aliphatic rings. The quantitative estimate of drug-likeness (QED) is 0.399. The van der Waals surface area contributed by atoms with E-state index in [4.69, 9.17) is 4.74 Å². The third-order valence-corrected chi connectivity index (χ3v) is 5.39. The van der Waals surface area contributed by atoms with Gasteiger partial charge in [0.25, 0.3) is 5.69 Å². The standard InChI is InChI=1S/C21H21F4N3O4/c1-32-19-5-2-13(10-16(19)22)12-26-20(29)14-6-8-27(9-7-14)17-4-3-15(21(23,24)25)11-18(17)28(30)31/h2-5,10-11,14H,6-9,12H2,1H3,(H,26,29). The summed E-state index contributed by atoms with van der Waals surface area (Å²) in [5.74, 6) is -1.03. The van der Waals surface area contributed by atoms with Crippen molar-refractivity contribution in [3.05, 3.63) is 63.5 Å². The number of nitrogens with one attached hydrogen (secondary N) is 1. The number of methoxy groups -OCH3 is 1. The predicted octanol–water partition coefficient (Wildman–Crippen LogP) is 4.29. The lowest BCUT2D eigenvalue weighted by molar-refractivity contribution is -0.384. The molecule has 0 unspecified atom stereocenters. The molecule has 1 amide bonds. The second-order valence-corrected chi connectivity index (χ2v) is 7.41. The molecule has 2 aromatic carbocycles. The van der Waals surface area contributed by atoms with Gasteiger partial charge in [0.05, 0.1) is 17.6 Å². The second kappa shape index (κ2) is 9.41. The molecule has 0 atom stereocenters. The van der Waals surface area contributed by atoms with E-state index in [0.717, 1.165) is 12.1 Å². The summed E-state index contributed by atoms with van der Waals surface area (Å²) in [5, 5.41) is 14.1. The zero-order valence-electron chi connectivity index (χ0n) is 17.1. The Labute approximate surface area is 181 Å². The molecule has 32 heavy (non-hydrogen) atoms. The van der Waals surface area contributed by atoms with Crippen LogP contribution in [-0.2, 0) is 17.5 Å². The van der Waals surface area contributed by atoms with Gasteiger partial charge < -0.3 is 15.0 Å². The lowest BCUT2D eigenvalue weighted by Gasteiger charge is -2.32. The van der Waals surface area contributed by atoms with Crippen LogP contribution in [0.5, 0.6) is 5.75 Å². The van der Waals surface area contributed by atoms with E-state index < -0.39 is 28.2 Å². The first-order valence-corrected chi connectivity index (χ1v) is 9.81. The van der Waals surface area contributed by atoms with Crippen molar-refractivity contribution in [1.29, 1.82) is 0 Å². The molecule has 1 aliphatic heterocycles. The summed E-state index contributed by atoms with van der Waals surface area (Å²) in [4.78, 5) is 24.6. The minimum atomic E-state index is -4.68. The monoisotopic (exact) mass is 455 g/mol. The van der Waals surface area contributed by atoms with Crippen molar-refractivity contribution in [2.45, 2.75) is 25.6 Å². The van der Waals surface area contributed by atoms with Crippen LogP contribution in [0.1, 0.15) is 24.0 Å². The van der Waals surface area contributed by atoms with Crippen LogP contribution < -0.4 is 15.0 Å². The molecule has 2 aromatic rings. The van der Waals surface area contributed by atoms with Gasteiger partial charge in [-0.2, -0.15) is 13.2 Å². The average Bonchev–Trinajstić information content (AvgIpc) is 2.76. The maximum absolute atomic E-state index is 13.8. The van der Waals surface area contributed by atoms with Crippen LogP contribution >= 0.6 is 0 Å². The molecule has 0 spiro atoms. The van der Waals surface area contributed by atoms with Gasteiger partial charge in [0.15, 0.2) is 11.6 Å². The van der Waals surface area contributed by atoms with Gasteiger partial charge in [-0.25, -0.2) is 4.39 Å². The average molecular weight is 455 g/mol. The van der Waals surface area contributed by atoms with E-state index in [-0.39, 0.29) is 42.9 Å². The Bertz CT molecular complexity index is 1010. The summed E-state index contributed by atoms with van der Waals surface area (Å²) in [5.41, 5.74) is -1.05. The first kappa shape index (κ1) is 23.3. The summed E-state index contributed by atoms with van der Waals surface area (Å²) in [6.45, 7) is 0.688. The first-order chi connectivity index (χ1) is 15.1. The Morgan fingerprint density at radius 1 is 1.22 bits per heavy atom. The molecule has 0 saturated carbocycles. The smallest absolute Gasteiger partial charge is 0.416 e. The van der Waals surface area contributed by atoms with Gasteiger partial charge in [-0.3, -0.25) is 14.9 Å². The van der Waals surface area contributed by atoms with Crippen molar-refractivity contribution in [3.63, 3.8) is 0 Å². The van der Waals surface area contributed by atoms with Crippen LogP contribution in [0.2, 0.25) is 0 Å². The number of carbonyl (C=O) groups excluding carboxylic acids is 1. The summed E-state index contributed by atoms with van der Waals surface area (Å²) < 4.78 is 57.3. The van der Waals surface area contributed by atoms with E-state index in [1.54, 1.807) is 11.0 Å². The molecule has 1 fully saturated rings. The normalized spacial score (nSPS) is 14.8. The highest BCUT2D eigenvalue weighted by Gasteiger charge is 2.34. The number of halogens is 4. The molecule has 11 heteroatoms. The fraction of sp³-hybridized carbons (Fsp3) is 0.381. The van der Waals surface area contributed by atoms with E-state index in [0.29, 0.717) is 24.5 Å². The molecule has 0 aromatic heterocycles. The number of amides is 1. The second-order valence-electron chi connectivity index (χ2n) is 7.41. The van der Waals surface area contributed by atoms with E-state index in [1.807, 2.05) is 0 Å². The lowest BCUT2D eigenvalue weighted by Crippen LogP contribution is -2.40. The summed E-state index contributed by atoms with van der Waals surface area (Å²) in [7, 11) is 1.35. The number of carbonyl (C=O) groups is 1. The Balaban J connectivity index is 1.60. The Kier molecular flexibility index (Phi) is 6.85. The molecule has 3 rings (SSSR count). The molecular weight excluding hydrogens is 434 g/mol. The fourth-order valence-corrected chi connectivity index (χ4v) is 3.65. The number of alkyl halides is 3. The van der Waals surface area contributed by atoms with Crippen molar-refractivity contribution < 1.29 is 32.0 Å². The number of hydrogen-bond donors (Lipinski definition) is 1. The van der Waals surface area contributed by atoms with Gasteiger partial charge in [0, 0.05) is 31.6 Å². The van der Waals surface area contributed by atoms with Gasteiger partial charge in [-0.15, -0.1) is 0 Å². The molecule has 0 bridgehead atoms. The molecular formula is C21H21F4N3O4. The fourth-order valence-electron chi connectivity index (χ4n) is 3.65. The Morgan fingerprint density at radius 2 is 1.91 bits per heavy atom. The molecule has 1 N–H and O–H groups in total. The van der Waals surface area contributed by atoms with Crippen LogP contribution in [0.15, 0.2) is 36.4 Å². The van der Waals surface area contributed by atoms with Gasteiger partial charge >= 0.3 is 6.18 Å². The number of hydrogen-bond acceptors (Lipinski definition) is 5. The number of anilines is 1. The van der Waals surface area contributed by atoms with Gasteiger partial charge in [-0.05, 0) is 42.7 Å². The molecule has 0 aliphatic carbocycles. The number of ether oxygens (including phenoxy) is 1. The molecule has 0 radical (unpaired) electrons. The number of nitro benzene ring substituents is 1. The maximum Gasteiger partial charge on any atom is 0.416 e. The summed E-state index contributed by atoms with van der Waals surface area (Å²) in [6.07, 6.45) is -3.93. The van der Waals surface area contributed by atoms with Crippen LogP contribution in [0, 0.1) is 21.8 Å². The lowest BCUT2D eigenvalue weighted by atomic mass is 9.95. The first-order valence-electron chi connectivity index (χ1n) is 9.81. The van der Waals surface area contributed by atoms with Crippen molar-refractivity contribution in [2.75, 3.05) is 25.1 Å². The number of benzene rings is 2. The molecule has 1 heterocycles. The topological polar surface area (TPSA) is 84.7 Å². The van der Waals surface area contributed by atoms with E-state index in [1.165, 1.54) is 19.2 Å². The summed E-state index contributed by atoms with van der Waals surface area (Å²) in [6, 6.07) is 6.81. The minimum Gasteiger partial charge on any atom is -0.494 e. The highest BCUT2D eigenvalue weighted by Crippen LogP contribution is 2.37.